The lowest BCUT2D eigenvalue weighted by molar-refractivity contribution is 0.560. The zero-order valence-corrected chi connectivity index (χ0v) is 9.24. The smallest absolute Gasteiger partial charge is 0.271 e. The molecule has 0 saturated heterocycles. The molecule has 1 N–H and O–H groups in total. The maximum Gasteiger partial charge on any atom is 0.345 e. The van der Waals surface area contributed by atoms with Crippen LogP contribution in [0.2, 0.25) is 5.02 Å². The Hall–Kier alpha value is -1.95. The molecule has 0 amide bonds. The van der Waals surface area contributed by atoms with Gasteiger partial charge in [0, 0.05) is 10.6 Å². The van der Waals surface area contributed by atoms with E-state index in [1.165, 1.54) is 18.2 Å². The number of nitrogens with one attached hydrogen (secondary N) is 1. The van der Waals surface area contributed by atoms with Crippen molar-refractivity contribution in [1.82, 2.24) is 14.8 Å². The summed E-state index contributed by atoms with van der Waals surface area (Å²) in [5.41, 5.74) is -1.08. The fourth-order valence-electron chi connectivity index (χ4n) is 1.32. The molecular formula is C10H7ClFN3O2. The van der Waals surface area contributed by atoms with Crippen molar-refractivity contribution in [1.29, 1.82) is 0 Å². The Morgan fingerprint density at radius 1 is 1.41 bits per heavy atom. The van der Waals surface area contributed by atoms with Gasteiger partial charge in [0.15, 0.2) is 0 Å². The predicted molar refractivity (Wildman–Crippen MR) is 59.6 cm³/mol. The lowest BCUT2D eigenvalue weighted by Crippen LogP contribution is -2.31. The molecule has 0 aliphatic heterocycles. The van der Waals surface area contributed by atoms with Gasteiger partial charge in [0.1, 0.15) is 12.0 Å². The Kier molecular flexibility index (Phi) is 3.06. The third-order valence-electron chi connectivity index (χ3n) is 2.11. The van der Waals surface area contributed by atoms with E-state index in [0.29, 0.717) is 5.02 Å². The summed E-state index contributed by atoms with van der Waals surface area (Å²) in [5, 5.41) is 3.95. The summed E-state index contributed by atoms with van der Waals surface area (Å²) < 4.78 is 14.3. The van der Waals surface area contributed by atoms with Gasteiger partial charge in [-0.05, 0) is 18.2 Å². The summed E-state index contributed by atoms with van der Waals surface area (Å²) in [5.74, 6) is -0.491. The second kappa shape index (κ2) is 4.50. The van der Waals surface area contributed by atoms with Crippen LogP contribution in [0.3, 0.4) is 0 Å². The second-order valence-corrected chi connectivity index (χ2v) is 3.77. The molecule has 0 unspecified atom stereocenters. The molecule has 0 aliphatic rings. The van der Waals surface area contributed by atoms with E-state index < -0.39 is 17.1 Å². The molecule has 0 fully saturated rings. The molecular weight excluding hydrogens is 249 g/mol. The summed E-state index contributed by atoms with van der Waals surface area (Å²) in [6.07, 6.45) is 0.948. The van der Waals surface area contributed by atoms with E-state index in [1.54, 1.807) is 0 Å². The Labute approximate surface area is 99.5 Å². The summed E-state index contributed by atoms with van der Waals surface area (Å²) in [6, 6.07) is 4.01. The molecule has 7 heteroatoms. The van der Waals surface area contributed by atoms with Crippen LogP contribution in [0.25, 0.3) is 0 Å². The molecule has 0 saturated carbocycles. The first kappa shape index (κ1) is 11.5. The van der Waals surface area contributed by atoms with Crippen LogP contribution in [-0.2, 0) is 6.54 Å². The first-order valence-corrected chi connectivity index (χ1v) is 5.04. The minimum atomic E-state index is -0.697. The fourth-order valence-corrected chi connectivity index (χ4v) is 1.51. The zero-order valence-electron chi connectivity index (χ0n) is 8.48. The van der Waals surface area contributed by atoms with E-state index in [1.807, 2.05) is 4.98 Å². The van der Waals surface area contributed by atoms with Crippen LogP contribution >= 0.6 is 11.6 Å². The van der Waals surface area contributed by atoms with Crippen molar-refractivity contribution in [3.63, 3.8) is 0 Å². The van der Waals surface area contributed by atoms with Crippen molar-refractivity contribution >= 4 is 11.6 Å². The number of rotatable bonds is 2. The monoisotopic (exact) mass is 255 g/mol. The van der Waals surface area contributed by atoms with E-state index in [2.05, 4.69) is 5.10 Å². The average molecular weight is 256 g/mol. The number of aromatic amines is 1. The Bertz CT molecular complexity index is 665. The maximum atomic E-state index is 13.4. The van der Waals surface area contributed by atoms with Gasteiger partial charge < -0.3 is 0 Å². The Balaban J connectivity index is 2.41. The average Bonchev–Trinajstić information content (AvgIpc) is 2.27. The van der Waals surface area contributed by atoms with E-state index in [-0.39, 0.29) is 12.1 Å². The number of nitrogens with zero attached hydrogens (tertiary/aromatic N) is 2. The first-order chi connectivity index (χ1) is 8.06. The van der Waals surface area contributed by atoms with Crippen LogP contribution in [0, 0.1) is 5.82 Å². The van der Waals surface area contributed by atoms with Gasteiger partial charge in [-0.25, -0.2) is 13.9 Å². The van der Waals surface area contributed by atoms with Crippen molar-refractivity contribution in [2.45, 2.75) is 6.54 Å². The first-order valence-electron chi connectivity index (χ1n) is 4.66. The van der Waals surface area contributed by atoms with Gasteiger partial charge in [-0.15, -0.1) is 0 Å². The standard InChI is InChI=1S/C10H7ClFN3O2/c11-7-1-2-8(12)6(3-7)5-15-10(17)14-9(16)4-13-15/h1-4H,5H2,(H,14,16,17). The van der Waals surface area contributed by atoms with E-state index in [9.17, 15) is 14.0 Å². The molecule has 0 bridgehead atoms. The summed E-state index contributed by atoms with van der Waals surface area (Å²) in [7, 11) is 0. The number of hydrogen-bond donors (Lipinski definition) is 1. The molecule has 0 atom stereocenters. The highest BCUT2D eigenvalue weighted by molar-refractivity contribution is 6.30. The molecule has 17 heavy (non-hydrogen) atoms. The van der Waals surface area contributed by atoms with Gasteiger partial charge in [-0.1, -0.05) is 11.6 Å². The van der Waals surface area contributed by atoms with Crippen LogP contribution < -0.4 is 11.2 Å². The molecule has 1 aromatic carbocycles. The molecule has 0 aliphatic carbocycles. The van der Waals surface area contributed by atoms with Crippen molar-refractivity contribution in [2.24, 2.45) is 0 Å². The number of H-pyrrole nitrogens is 1. The van der Waals surface area contributed by atoms with Crippen molar-refractivity contribution in [3.05, 3.63) is 61.6 Å². The van der Waals surface area contributed by atoms with Gasteiger partial charge in [0.05, 0.1) is 6.54 Å². The van der Waals surface area contributed by atoms with Crippen molar-refractivity contribution in [3.8, 4) is 0 Å². The summed E-state index contributed by atoms with van der Waals surface area (Å²) in [6.45, 7) is -0.0952. The summed E-state index contributed by atoms with van der Waals surface area (Å²) >= 11 is 5.72. The lowest BCUT2D eigenvalue weighted by atomic mass is 10.2. The molecule has 2 aromatic rings. The highest BCUT2D eigenvalue weighted by atomic mass is 35.5. The van der Waals surface area contributed by atoms with Crippen LogP contribution in [0.15, 0.2) is 34.0 Å². The van der Waals surface area contributed by atoms with Crippen molar-refractivity contribution in [2.75, 3.05) is 0 Å². The summed E-state index contributed by atoms with van der Waals surface area (Å²) in [4.78, 5) is 24.1. The molecule has 2 rings (SSSR count). The molecule has 5 nitrogen and oxygen atoms in total. The molecule has 0 spiro atoms. The molecule has 1 heterocycles. The van der Waals surface area contributed by atoms with Crippen LogP contribution in [0.4, 0.5) is 4.39 Å². The molecule has 88 valence electrons. The minimum absolute atomic E-state index is 0.0952. The zero-order chi connectivity index (χ0) is 12.4. The van der Waals surface area contributed by atoms with Gasteiger partial charge in [-0.3, -0.25) is 9.78 Å². The number of halogens is 2. The van der Waals surface area contributed by atoms with E-state index in [4.69, 9.17) is 11.6 Å². The van der Waals surface area contributed by atoms with Gasteiger partial charge in [0.2, 0.25) is 0 Å². The topological polar surface area (TPSA) is 67.8 Å². The normalized spacial score (nSPS) is 10.5. The van der Waals surface area contributed by atoms with Gasteiger partial charge in [0.25, 0.3) is 5.56 Å². The van der Waals surface area contributed by atoms with Crippen molar-refractivity contribution < 1.29 is 4.39 Å². The number of hydrogen-bond acceptors (Lipinski definition) is 3. The van der Waals surface area contributed by atoms with Gasteiger partial charge in [-0.2, -0.15) is 5.10 Å². The van der Waals surface area contributed by atoms with E-state index >= 15 is 0 Å². The number of aromatic nitrogens is 3. The Morgan fingerprint density at radius 3 is 2.88 bits per heavy atom. The SMILES string of the molecule is O=c1cnn(Cc2cc(Cl)ccc2F)c(=O)[nH]1. The van der Waals surface area contributed by atoms with Crippen LogP contribution in [0.5, 0.6) is 0 Å². The second-order valence-electron chi connectivity index (χ2n) is 3.33. The fraction of sp³-hybridized carbons (Fsp3) is 0.100. The number of benzene rings is 1. The van der Waals surface area contributed by atoms with Gasteiger partial charge >= 0.3 is 5.69 Å². The predicted octanol–water partition coefficient (Wildman–Crippen LogP) is 0.772. The largest absolute Gasteiger partial charge is 0.345 e. The Morgan fingerprint density at radius 2 is 2.18 bits per heavy atom. The minimum Gasteiger partial charge on any atom is -0.271 e. The quantitative estimate of drug-likeness (QED) is 0.862. The van der Waals surface area contributed by atoms with Crippen LogP contribution in [0.1, 0.15) is 5.56 Å². The lowest BCUT2D eigenvalue weighted by Gasteiger charge is -2.04. The third-order valence-corrected chi connectivity index (χ3v) is 2.34. The maximum absolute atomic E-state index is 13.4. The third kappa shape index (κ3) is 2.59. The molecule has 0 radical (unpaired) electrons. The van der Waals surface area contributed by atoms with E-state index in [0.717, 1.165) is 10.9 Å². The highest BCUT2D eigenvalue weighted by Crippen LogP contribution is 2.14. The van der Waals surface area contributed by atoms with Crippen LogP contribution in [-0.4, -0.2) is 14.8 Å². The molecule has 1 aromatic heterocycles. The highest BCUT2D eigenvalue weighted by Gasteiger charge is 2.06.